The Morgan fingerprint density at radius 2 is 1.87 bits per heavy atom. The molecule has 0 fully saturated rings. The number of carbonyl (C=O) groups excluding carboxylic acids is 1. The molecule has 0 atom stereocenters. The minimum absolute atomic E-state index is 0.0737. The van der Waals surface area contributed by atoms with Crippen LogP contribution >= 0.6 is 0 Å². The number of benzene rings is 1. The van der Waals surface area contributed by atoms with Crippen LogP contribution in [0.1, 0.15) is 32.3 Å². The van der Waals surface area contributed by atoms with Gasteiger partial charge in [-0.1, -0.05) is 32.0 Å². The molecule has 1 nitrogen and oxygen atoms in total. The molecule has 1 aromatic carbocycles. The first-order valence-corrected chi connectivity index (χ1v) is 5.45. The molecule has 0 amide bonds. The van der Waals surface area contributed by atoms with Gasteiger partial charge in [0.25, 0.3) is 0 Å². The van der Waals surface area contributed by atoms with E-state index in [1.54, 1.807) is 18.2 Å². The predicted molar refractivity (Wildman–Crippen MR) is 59.2 cm³/mol. The van der Waals surface area contributed by atoms with Crippen LogP contribution in [-0.2, 0) is 11.2 Å². The topological polar surface area (TPSA) is 17.1 Å². The first kappa shape index (κ1) is 11.9. The van der Waals surface area contributed by atoms with Crippen LogP contribution in [0.2, 0.25) is 0 Å². The van der Waals surface area contributed by atoms with Gasteiger partial charge in [0.05, 0.1) is 0 Å². The van der Waals surface area contributed by atoms with E-state index in [9.17, 15) is 9.18 Å². The van der Waals surface area contributed by atoms with Gasteiger partial charge >= 0.3 is 0 Å². The average molecular weight is 208 g/mol. The maximum absolute atomic E-state index is 13.3. The Labute approximate surface area is 90.3 Å². The Hall–Kier alpha value is -1.18. The summed E-state index contributed by atoms with van der Waals surface area (Å²) < 4.78 is 13.3. The SMILES string of the molecule is CCC(CC)C(=O)Cc1ccccc1F. The van der Waals surface area contributed by atoms with Gasteiger partial charge in [-0.15, -0.1) is 0 Å². The van der Waals surface area contributed by atoms with Crippen molar-refractivity contribution in [3.8, 4) is 0 Å². The van der Waals surface area contributed by atoms with E-state index >= 15 is 0 Å². The summed E-state index contributed by atoms with van der Waals surface area (Å²) in [4.78, 5) is 11.8. The summed E-state index contributed by atoms with van der Waals surface area (Å²) in [5.41, 5.74) is 0.509. The van der Waals surface area contributed by atoms with Crippen LogP contribution in [0.15, 0.2) is 24.3 Å². The first-order chi connectivity index (χ1) is 7.19. The van der Waals surface area contributed by atoms with E-state index in [1.165, 1.54) is 6.07 Å². The summed E-state index contributed by atoms with van der Waals surface area (Å²) >= 11 is 0. The highest BCUT2D eigenvalue weighted by molar-refractivity contribution is 5.83. The smallest absolute Gasteiger partial charge is 0.140 e. The number of ketones is 1. The van der Waals surface area contributed by atoms with Crippen molar-refractivity contribution in [2.24, 2.45) is 5.92 Å². The molecule has 0 aliphatic heterocycles. The lowest BCUT2D eigenvalue weighted by atomic mass is 9.93. The molecule has 1 aromatic rings. The molecule has 82 valence electrons. The number of hydrogen-bond acceptors (Lipinski definition) is 1. The number of carbonyl (C=O) groups is 1. The molecule has 0 saturated carbocycles. The zero-order valence-corrected chi connectivity index (χ0v) is 9.29. The summed E-state index contributed by atoms with van der Waals surface area (Å²) in [7, 11) is 0. The lowest BCUT2D eigenvalue weighted by molar-refractivity contribution is -0.122. The maximum atomic E-state index is 13.3. The van der Waals surface area contributed by atoms with Crippen molar-refractivity contribution in [3.63, 3.8) is 0 Å². The highest BCUT2D eigenvalue weighted by Crippen LogP contribution is 2.14. The molecule has 2 heteroatoms. The number of hydrogen-bond donors (Lipinski definition) is 0. The van der Waals surface area contributed by atoms with Crippen LogP contribution in [-0.4, -0.2) is 5.78 Å². The highest BCUT2D eigenvalue weighted by atomic mass is 19.1. The van der Waals surface area contributed by atoms with Gasteiger partial charge in [0.1, 0.15) is 11.6 Å². The van der Waals surface area contributed by atoms with Gasteiger partial charge < -0.3 is 0 Å². The van der Waals surface area contributed by atoms with Crippen molar-refractivity contribution in [2.75, 3.05) is 0 Å². The minimum Gasteiger partial charge on any atom is -0.299 e. The lowest BCUT2D eigenvalue weighted by Gasteiger charge is -2.10. The van der Waals surface area contributed by atoms with Gasteiger partial charge in [-0.3, -0.25) is 4.79 Å². The summed E-state index contributed by atoms with van der Waals surface area (Å²) in [5, 5.41) is 0. The van der Waals surface area contributed by atoms with E-state index in [1.807, 2.05) is 13.8 Å². The lowest BCUT2D eigenvalue weighted by Crippen LogP contribution is -2.15. The van der Waals surface area contributed by atoms with Gasteiger partial charge in [-0.05, 0) is 24.5 Å². The van der Waals surface area contributed by atoms with Crippen molar-refractivity contribution in [1.82, 2.24) is 0 Å². The van der Waals surface area contributed by atoms with Gasteiger partial charge in [0, 0.05) is 12.3 Å². The molecular weight excluding hydrogens is 191 g/mol. The fourth-order valence-electron chi connectivity index (χ4n) is 1.72. The second kappa shape index (κ2) is 5.64. The van der Waals surface area contributed by atoms with Crippen LogP contribution in [0.3, 0.4) is 0 Å². The van der Waals surface area contributed by atoms with Gasteiger partial charge in [0.15, 0.2) is 0 Å². The molecule has 0 aliphatic carbocycles. The molecule has 0 aromatic heterocycles. The summed E-state index contributed by atoms with van der Waals surface area (Å²) in [6.45, 7) is 3.99. The maximum Gasteiger partial charge on any atom is 0.140 e. The third kappa shape index (κ3) is 3.15. The van der Waals surface area contributed by atoms with Crippen molar-refractivity contribution in [3.05, 3.63) is 35.6 Å². The van der Waals surface area contributed by atoms with Gasteiger partial charge in [-0.25, -0.2) is 4.39 Å². The van der Waals surface area contributed by atoms with E-state index in [0.29, 0.717) is 5.56 Å². The summed E-state index contributed by atoms with van der Waals surface area (Å²) in [6.07, 6.45) is 1.90. The zero-order chi connectivity index (χ0) is 11.3. The van der Waals surface area contributed by atoms with Gasteiger partial charge in [-0.2, -0.15) is 0 Å². The third-order valence-corrected chi connectivity index (χ3v) is 2.76. The predicted octanol–water partition coefficient (Wildman–Crippen LogP) is 3.37. The second-order valence-corrected chi connectivity index (χ2v) is 3.75. The molecule has 0 spiro atoms. The minimum atomic E-state index is -0.281. The molecule has 1 rings (SSSR count). The molecule has 0 radical (unpaired) electrons. The van der Waals surface area contributed by atoms with Gasteiger partial charge in [0.2, 0.25) is 0 Å². The number of rotatable bonds is 5. The Morgan fingerprint density at radius 3 is 2.40 bits per heavy atom. The first-order valence-electron chi connectivity index (χ1n) is 5.45. The van der Waals surface area contributed by atoms with Crippen molar-refractivity contribution >= 4 is 5.78 Å². The van der Waals surface area contributed by atoms with Crippen LogP contribution in [0.5, 0.6) is 0 Å². The Balaban J connectivity index is 2.70. The van der Waals surface area contributed by atoms with E-state index in [-0.39, 0.29) is 23.9 Å². The Bertz CT molecular complexity index is 329. The summed E-state index contributed by atoms with van der Waals surface area (Å²) in [5.74, 6) is -0.0634. The Kier molecular flexibility index (Phi) is 4.47. The standard InChI is InChI=1S/C13H17FO/c1-3-10(4-2)13(15)9-11-7-5-6-8-12(11)14/h5-8,10H,3-4,9H2,1-2H3. The monoisotopic (exact) mass is 208 g/mol. The van der Waals surface area contributed by atoms with E-state index in [2.05, 4.69) is 0 Å². The Morgan fingerprint density at radius 1 is 1.27 bits per heavy atom. The van der Waals surface area contributed by atoms with E-state index < -0.39 is 0 Å². The van der Waals surface area contributed by atoms with Crippen LogP contribution in [0, 0.1) is 11.7 Å². The van der Waals surface area contributed by atoms with E-state index in [0.717, 1.165) is 12.8 Å². The van der Waals surface area contributed by atoms with Crippen LogP contribution < -0.4 is 0 Å². The molecule has 0 heterocycles. The molecule has 0 N–H and O–H groups in total. The molecule has 15 heavy (non-hydrogen) atoms. The van der Waals surface area contributed by atoms with Crippen molar-refractivity contribution < 1.29 is 9.18 Å². The highest BCUT2D eigenvalue weighted by Gasteiger charge is 2.15. The largest absolute Gasteiger partial charge is 0.299 e. The molecule has 0 saturated heterocycles. The fraction of sp³-hybridized carbons (Fsp3) is 0.462. The van der Waals surface area contributed by atoms with Crippen molar-refractivity contribution in [1.29, 1.82) is 0 Å². The number of Topliss-reactive ketones (excluding diaryl/α,β-unsaturated/α-hetero) is 1. The third-order valence-electron chi connectivity index (χ3n) is 2.76. The second-order valence-electron chi connectivity index (χ2n) is 3.75. The van der Waals surface area contributed by atoms with Crippen molar-refractivity contribution in [2.45, 2.75) is 33.1 Å². The molecule has 0 bridgehead atoms. The van der Waals surface area contributed by atoms with Crippen LogP contribution in [0.4, 0.5) is 4.39 Å². The zero-order valence-electron chi connectivity index (χ0n) is 9.29. The fourth-order valence-corrected chi connectivity index (χ4v) is 1.72. The molecular formula is C13H17FO. The average Bonchev–Trinajstić information content (AvgIpc) is 2.23. The van der Waals surface area contributed by atoms with E-state index in [4.69, 9.17) is 0 Å². The quantitative estimate of drug-likeness (QED) is 0.725. The number of halogens is 1. The normalized spacial score (nSPS) is 10.7. The molecule has 0 unspecified atom stereocenters. The summed E-state index contributed by atoms with van der Waals surface area (Å²) in [6, 6.07) is 6.48. The molecule has 0 aliphatic rings. The van der Waals surface area contributed by atoms with Crippen LogP contribution in [0.25, 0.3) is 0 Å².